The van der Waals surface area contributed by atoms with Gasteiger partial charge in [0, 0.05) is 44.4 Å². The number of nitro groups is 1. The summed E-state index contributed by atoms with van der Waals surface area (Å²) in [5, 5.41) is 16.8. The molecule has 1 aliphatic rings. The zero-order valence-corrected chi connectivity index (χ0v) is 17.3. The van der Waals surface area contributed by atoms with Gasteiger partial charge < -0.3 is 15.4 Å². The molecule has 0 spiro atoms. The molecule has 8 nitrogen and oxygen atoms in total. The Kier molecular flexibility index (Phi) is 7.37. The molecule has 1 heterocycles. The van der Waals surface area contributed by atoms with Crippen molar-refractivity contribution < 1.29 is 14.5 Å². The molecule has 0 saturated carbocycles. The van der Waals surface area contributed by atoms with Crippen LogP contribution in [-0.2, 0) is 11.3 Å². The first kappa shape index (κ1) is 21.7. The highest BCUT2D eigenvalue weighted by Gasteiger charge is 2.22. The molecule has 2 aromatic carbocycles. The van der Waals surface area contributed by atoms with Gasteiger partial charge in [0.25, 0.3) is 11.6 Å². The second kappa shape index (κ2) is 10.2. The molecular formula is C22H28N4O4. The third kappa shape index (κ3) is 6.01. The van der Waals surface area contributed by atoms with Crippen LogP contribution < -0.4 is 10.6 Å². The number of carbonyl (C=O) groups excluding carboxylic acids is 1. The van der Waals surface area contributed by atoms with E-state index in [1.54, 1.807) is 18.2 Å². The number of anilines is 1. The summed E-state index contributed by atoms with van der Waals surface area (Å²) in [7, 11) is 0. The van der Waals surface area contributed by atoms with Crippen molar-refractivity contribution in [2.45, 2.75) is 32.6 Å². The summed E-state index contributed by atoms with van der Waals surface area (Å²) in [6.45, 7) is 7.55. The molecule has 0 unspecified atom stereocenters. The molecule has 160 valence electrons. The van der Waals surface area contributed by atoms with Crippen molar-refractivity contribution in [2.75, 3.05) is 31.5 Å². The maximum atomic E-state index is 12.3. The number of para-hydroxylation sites is 2. The lowest BCUT2D eigenvalue weighted by Crippen LogP contribution is -2.44. The van der Waals surface area contributed by atoms with Crippen molar-refractivity contribution in [2.24, 2.45) is 0 Å². The molecule has 2 aromatic rings. The Morgan fingerprint density at radius 2 is 1.77 bits per heavy atom. The van der Waals surface area contributed by atoms with Crippen LogP contribution >= 0.6 is 0 Å². The van der Waals surface area contributed by atoms with E-state index in [2.05, 4.69) is 29.4 Å². The Hall–Kier alpha value is -2.97. The molecule has 8 heteroatoms. The quantitative estimate of drug-likeness (QED) is 0.393. The summed E-state index contributed by atoms with van der Waals surface area (Å²) >= 11 is 0. The fourth-order valence-corrected chi connectivity index (χ4v) is 3.69. The summed E-state index contributed by atoms with van der Waals surface area (Å²) < 4.78 is 5.76. The normalized spacial score (nSPS) is 19.3. The lowest BCUT2D eigenvalue weighted by molar-refractivity contribution is -0.384. The number of morpholine rings is 1. The number of amides is 1. The number of nitro benzene ring substituents is 1. The molecule has 2 atom stereocenters. The van der Waals surface area contributed by atoms with Crippen molar-refractivity contribution in [3.8, 4) is 0 Å². The Labute approximate surface area is 176 Å². The maximum Gasteiger partial charge on any atom is 0.292 e. The number of carbonyl (C=O) groups is 1. The molecule has 2 N–H and O–H groups in total. The molecule has 30 heavy (non-hydrogen) atoms. The Morgan fingerprint density at radius 1 is 1.10 bits per heavy atom. The number of benzene rings is 2. The van der Waals surface area contributed by atoms with Crippen molar-refractivity contribution in [1.82, 2.24) is 10.2 Å². The van der Waals surface area contributed by atoms with Gasteiger partial charge in [0.15, 0.2) is 0 Å². The predicted octanol–water partition coefficient (Wildman–Crippen LogP) is 3.05. The fraction of sp³-hybridized carbons (Fsp3) is 0.409. The van der Waals surface area contributed by atoms with Crippen molar-refractivity contribution in [3.63, 3.8) is 0 Å². The predicted molar refractivity (Wildman–Crippen MR) is 116 cm³/mol. The number of rotatable bonds is 8. The van der Waals surface area contributed by atoms with Gasteiger partial charge in [0.2, 0.25) is 0 Å². The number of nitrogens with one attached hydrogen (secondary N) is 2. The van der Waals surface area contributed by atoms with E-state index in [1.165, 1.54) is 6.07 Å². The van der Waals surface area contributed by atoms with E-state index in [4.69, 9.17) is 4.74 Å². The fourth-order valence-electron chi connectivity index (χ4n) is 3.69. The first-order valence-corrected chi connectivity index (χ1v) is 10.1. The zero-order valence-electron chi connectivity index (χ0n) is 17.3. The molecule has 0 bridgehead atoms. The van der Waals surface area contributed by atoms with Gasteiger partial charge in [-0.15, -0.1) is 0 Å². The van der Waals surface area contributed by atoms with Crippen LogP contribution in [0.4, 0.5) is 11.4 Å². The highest BCUT2D eigenvalue weighted by Crippen LogP contribution is 2.22. The van der Waals surface area contributed by atoms with Gasteiger partial charge >= 0.3 is 0 Å². The second-order valence-corrected chi connectivity index (χ2v) is 7.61. The minimum atomic E-state index is -0.430. The number of nitrogens with zero attached hydrogens (tertiary/aromatic N) is 2. The van der Waals surface area contributed by atoms with E-state index in [9.17, 15) is 14.9 Å². The summed E-state index contributed by atoms with van der Waals surface area (Å²) in [6, 6.07) is 14.1. The van der Waals surface area contributed by atoms with Gasteiger partial charge in [-0.1, -0.05) is 24.3 Å². The molecule has 3 rings (SSSR count). The van der Waals surface area contributed by atoms with Crippen molar-refractivity contribution in [1.29, 1.82) is 0 Å². The zero-order chi connectivity index (χ0) is 21.5. The summed E-state index contributed by atoms with van der Waals surface area (Å²) in [6.07, 6.45) is 0.453. The minimum absolute atomic E-state index is 0.0171. The van der Waals surface area contributed by atoms with Gasteiger partial charge in [-0.05, 0) is 37.6 Å². The average molecular weight is 412 g/mol. The van der Waals surface area contributed by atoms with Gasteiger partial charge in [-0.2, -0.15) is 0 Å². The van der Waals surface area contributed by atoms with Crippen molar-refractivity contribution in [3.05, 3.63) is 69.8 Å². The van der Waals surface area contributed by atoms with E-state index in [1.807, 2.05) is 24.3 Å². The van der Waals surface area contributed by atoms with E-state index in [0.717, 1.165) is 25.2 Å². The number of hydrogen-bond donors (Lipinski definition) is 2. The average Bonchev–Trinajstić information content (AvgIpc) is 2.71. The first-order valence-electron chi connectivity index (χ1n) is 10.1. The molecule has 1 fully saturated rings. The summed E-state index contributed by atoms with van der Waals surface area (Å²) in [5.41, 5.74) is 2.20. The summed E-state index contributed by atoms with van der Waals surface area (Å²) in [5.74, 6) is -0.167. The van der Waals surface area contributed by atoms with E-state index in [0.29, 0.717) is 24.3 Å². The van der Waals surface area contributed by atoms with Gasteiger partial charge in [-0.25, -0.2) is 0 Å². The molecule has 0 radical (unpaired) electrons. The van der Waals surface area contributed by atoms with Crippen LogP contribution in [0.2, 0.25) is 0 Å². The molecule has 1 amide bonds. The van der Waals surface area contributed by atoms with Crippen molar-refractivity contribution >= 4 is 17.3 Å². The first-order chi connectivity index (χ1) is 14.4. The van der Waals surface area contributed by atoms with Crippen LogP contribution in [-0.4, -0.2) is 54.1 Å². The molecule has 0 aliphatic carbocycles. The summed E-state index contributed by atoms with van der Waals surface area (Å²) in [4.78, 5) is 25.3. The third-order valence-electron chi connectivity index (χ3n) is 4.94. The van der Waals surface area contributed by atoms with Crippen LogP contribution in [0.3, 0.4) is 0 Å². The molecule has 0 aromatic heterocycles. The third-order valence-corrected chi connectivity index (χ3v) is 4.94. The van der Waals surface area contributed by atoms with Gasteiger partial charge in [0.05, 0.1) is 17.1 Å². The van der Waals surface area contributed by atoms with Gasteiger partial charge in [0.1, 0.15) is 5.69 Å². The smallest absolute Gasteiger partial charge is 0.292 e. The van der Waals surface area contributed by atoms with E-state index >= 15 is 0 Å². The Bertz CT molecular complexity index is 862. The van der Waals surface area contributed by atoms with Crippen LogP contribution in [0.1, 0.15) is 29.8 Å². The lowest BCUT2D eigenvalue weighted by atomic mass is 10.1. The number of hydrogen-bond acceptors (Lipinski definition) is 6. The standard InChI is InChI=1S/C22H28N4O4/c1-16-13-25(14-17(2)30-16)15-18-7-9-19(10-8-18)22(27)24-12-11-23-20-5-3-4-6-21(20)26(28)29/h3-10,16-17,23H,11-15H2,1-2H3,(H,24,27)/t16-,17-/m1/s1. The Balaban J connectivity index is 1.45. The van der Waals surface area contributed by atoms with E-state index in [-0.39, 0.29) is 23.8 Å². The lowest BCUT2D eigenvalue weighted by Gasteiger charge is -2.35. The monoisotopic (exact) mass is 412 g/mol. The SMILES string of the molecule is C[C@@H]1CN(Cc2ccc(C(=O)NCCNc3ccccc3[N+](=O)[O-])cc2)C[C@@H](C)O1. The number of ether oxygens (including phenoxy) is 1. The van der Waals surface area contributed by atoms with Crippen LogP contribution in [0.5, 0.6) is 0 Å². The maximum absolute atomic E-state index is 12.3. The second-order valence-electron chi connectivity index (χ2n) is 7.61. The highest BCUT2D eigenvalue weighted by atomic mass is 16.6. The van der Waals surface area contributed by atoms with Crippen LogP contribution in [0.15, 0.2) is 48.5 Å². The minimum Gasteiger partial charge on any atom is -0.378 e. The molecular weight excluding hydrogens is 384 g/mol. The van der Waals surface area contributed by atoms with Gasteiger partial charge in [-0.3, -0.25) is 19.8 Å². The molecule has 1 aliphatic heterocycles. The molecule has 1 saturated heterocycles. The topological polar surface area (TPSA) is 96.7 Å². The van der Waals surface area contributed by atoms with Crippen LogP contribution in [0, 0.1) is 10.1 Å². The Morgan fingerprint density at radius 3 is 2.43 bits per heavy atom. The largest absolute Gasteiger partial charge is 0.378 e. The van der Waals surface area contributed by atoms with Crippen LogP contribution in [0.25, 0.3) is 0 Å². The van der Waals surface area contributed by atoms with E-state index < -0.39 is 4.92 Å². The highest BCUT2D eigenvalue weighted by molar-refractivity contribution is 5.94.